The molecule has 0 rings (SSSR count). The second-order valence-electron chi connectivity index (χ2n) is 3.08. The Hall–Kier alpha value is 0.639. The van der Waals surface area contributed by atoms with Crippen LogP contribution in [0.25, 0.3) is 0 Å². The molecule has 0 saturated heterocycles. The molecule has 0 amide bonds. The Kier molecular flexibility index (Phi) is 8.17. The van der Waals surface area contributed by atoms with Gasteiger partial charge in [0.1, 0.15) is 0 Å². The van der Waals surface area contributed by atoms with E-state index in [0.29, 0.717) is 21.4 Å². The fraction of sp³-hybridized carbons (Fsp3) is 0.750. The maximum atomic E-state index is 10.5. The second-order valence-corrected chi connectivity index (χ2v) is 21.3. The molecule has 0 radical (unpaired) electrons. The number of ether oxygens (including phenoxy) is 2. The van der Waals surface area contributed by atoms with Gasteiger partial charge in [0.25, 0.3) is 0 Å². The molecule has 0 aliphatic heterocycles. The van der Waals surface area contributed by atoms with E-state index in [4.69, 9.17) is 27.3 Å². The van der Waals surface area contributed by atoms with Crippen LogP contribution in [-0.2, 0) is 19.1 Å². The van der Waals surface area contributed by atoms with E-state index in [1.54, 1.807) is 0 Å². The van der Waals surface area contributed by atoms with E-state index in [-0.39, 0.29) is 0 Å². The summed E-state index contributed by atoms with van der Waals surface area (Å²) in [4.78, 5) is 21.1. The summed E-state index contributed by atoms with van der Waals surface area (Å²) in [6.45, 7) is 0. The summed E-state index contributed by atoms with van der Waals surface area (Å²) in [5, 5.41) is 0. The number of rotatable bonds is 8. The fourth-order valence-electron chi connectivity index (χ4n) is 1.05. The number of halogens is 2. The van der Waals surface area contributed by atoms with E-state index in [0.717, 1.165) is 0 Å². The number of methoxy groups -OCH3 is 2. The Balaban J connectivity index is 4.26. The van der Waals surface area contributed by atoms with E-state index < -0.39 is 28.3 Å². The predicted molar refractivity (Wildman–Crippen MR) is 60.8 cm³/mol. The van der Waals surface area contributed by atoms with E-state index in [9.17, 15) is 9.59 Å². The van der Waals surface area contributed by atoms with Crippen molar-refractivity contribution in [2.45, 2.75) is 21.1 Å². The molecule has 0 aliphatic rings. The van der Waals surface area contributed by atoms with Crippen molar-refractivity contribution >= 4 is 46.5 Å². The molecule has 88 valence electrons. The summed E-state index contributed by atoms with van der Waals surface area (Å²) in [6, 6.07) is 0. The minimum atomic E-state index is -3.43. The van der Waals surface area contributed by atoms with Crippen LogP contribution in [0.15, 0.2) is 0 Å². The van der Waals surface area contributed by atoms with Gasteiger partial charge in [-0.25, -0.2) is 0 Å². The third kappa shape index (κ3) is 6.73. The van der Waals surface area contributed by atoms with Gasteiger partial charge >= 0.3 is 101 Å². The molecular formula is C8H14Cl2O4Sn. The van der Waals surface area contributed by atoms with Crippen molar-refractivity contribution in [3.05, 3.63) is 0 Å². The Labute approximate surface area is 101 Å². The first-order chi connectivity index (χ1) is 6.99. The van der Waals surface area contributed by atoms with Gasteiger partial charge in [-0.1, -0.05) is 0 Å². The first-order valence-electron chi connectivity index (χ1n) is 4.33. The molecular weight excluding hydrogens is 350 g/mol. The van der Waals surface area contributed by atoms with Gasteiger partial charge in [0.15, 0.2) is 0 Å². The summed E-state index contributed by atoms with van der Waals surface area (Å²) >= 11 is -3.43. The maximum absolute atomic E-state index is 10.5. The second kappa shape index (κ2) is 7.84. The Bertz CT molecular complexity index is 193. The van der Waals surface area contributed by atoms with Crippen molar-refractivity contribution in [1.29, 1.82) is 0 Å². The molecule has 15 heavy (non-hydrogen) atoms. The standard InChI is InChI=1S/2C4H7O2.2ClH.Sn/c2*1-4(3-5)6-2;;;/h2*3-4H,1H2,2H3;2*1H;/q;;;;+2/p-2. The van der Waals surface area contributed by atoms with Crippen molar-refractivity contribution in [2.75, 3.05) is 14.2 Å². The van der Waals surface area contributed by atoms with Gasteiger partial charge in [-0.15, -0.1) is 0 Å². The number of carbonyl (C=O) groups excluding carboxylic acids is 2. The van der Waals surface area contributed by atoms with Crippen LogP contribution >= 0.6 is 17.8 Å². The van der Waals surface area contributed by atoms with Crippen LogP contribution in [-0.4, -0.2) is 55.1 Å². The van der Waals surface area contributed by atoms with Gasteiger partial charge in [0.05, 0.1) is 0 Å². The molecule has 0 bridgehead atoms. The van der Waals surface area contributed by atoms with E-state index >= 15 is 0 Å². The summed E-state index contributed by atoms with van der Waals surface area (Å²) in [5.74, 6) is 0. The predicted octanol–water partition coefficient (Wildman–Crippen LogP) is 1.33. The van der Waals surface area contributed by atoms with Crippen molar-refractivity contribution in [1.82, 2.24) is 0 Å². The molecule has 0 heterocycles. The van der Waals surface area contributed by atoms with Crippen LogP contribution in [0.1, 0.15) is 0 Å². The Morgan fingerprint density at radius 1 is 1.07 bits per heavy atom. The van der Waals surface area contributed by atoms with Crippen LogP contribution in [0.4, 0.5) is 0 Å². The zero-order valence-corrected chi connectivity index (χ0v) is 13.0. The minimum absolute atomic E-state index is 0.325. The van der Waals surface area contributed by atoms with Crippen molar-refractivity contribution in [3.8, 4) is 0 Å². The fourth-order valence-corrected chi connectivity index (χ4v) is 10.5. The van der Waals surface area contributed by atoms with Crippen LogP contribution in [0.5, 0.6) is 0 Å². The van der Waals surface area contributed by atoms with E-state index in [1.807, 2.05) is 0 Å². The summed E-state index contributed by atoms with van der Waals surface area (Å²) in [6.07, 6.45) is 0.165. The van der Waals surface area contributed by atoms with Crippen LogP contribution in [0.2, 0.25) is 8.87 Å². The average Bonchev–Trinajstić information content (AvgIpc) is 2.22. The Morgan fingerprint density at radius 2 is 1.40 bits per heavy atom. The molecule has 0 fully saturated rings. The van der Waals surface area contributed by atoms with Gasteiger partial charge in [0, 0.05) is 0 Å². The van der Waals surface area contributed by atoms with Gasteiger partial charge in [0.2, 0.25) is 0 Å². The average molecular weight is 364 g/mol. The van der Waals surface area contributed by atoms with E-state index in [2.05, 4.69) is 0 Å². The monoisotopic (exact) mass is 364 g/mol. The van der Waals surface area contributed by atoms with Crippen LogP contribution < -0.4 is 0 Å². The van der Waals surface area contributed by atoms with Crippen molar-refractivity contribution in [2.24, 2.45) is 0 Å². The topological polar surface area (TPSA) is 52.6 Å². The zero-order chi connectivity index (χ0) is 11.9. The van der Waals surface area contributed by atoms with Crippen molar-refractivity contribution < 1.29 is 19.1 Å². The summed E-state index contributed by atoms with van der Waals surface area (Å²) in [5.41, 5.74) is 0. The third-order valence-electron chi connectivity index (χ3n) is 1.91. The molecule has 2 unspecified atom stereocenters. The molecule has 0 aromatic carbocycles. The molecule has 7 heteroatoms. The van der Waals surface area contributed by atoms with Crippen molar-refractivity contribution in [3.63, 3.8) is 0 Å². The summed E-state index contributed by atoms with van der Waals surface area (Å²) in [7, 11) is 15.1. The first-order valence-corrected chi connectivity index (χ1v) is 15.6. The molecule has 2 atom stereocenters. The van der Waals surface area contributed by atoms with E-state index in [1.165, 1.54) is 14.2 Å². The molecule has 4 nitrogen and oxygen atoms in total. The molecule has 0 aromatic heterocycles. The van der Waals surface area contributed by atoms with Gasteiger partial charge in [-0.2, -0.15) is 0 Å². The summed E-state index contributed by atoms with van der Waals surface area (Å²) < 4.78 is 10.4. The quantitative estimate of drug-likeness (QED) is 0.482. The Morgan fingerprint density at radius 3 is 1.60 bits per heavy atom. The number of hydrogen-bond acceptors (Lipinski definition) is 4. The third-order valence-corrected chi connectivity index (χ3v) is 11.8. The SMILES string of the molecule is COC(C=O)[CH2][Sn]([Cl])([Cl])[CH2]C(C=O)OC. The molecule has 0 spiro atoms. The molecule has 0 aromatic rings. The van der Waals surface area contributed by atoms with Gasteiger partial charge in [-0.3, -0.25) is 0 Å². The van der Waals surface area contributed by atoms with Gasteiger partial charge < -0.3 is 0 Å². The zero-order valence-electron chi connectivity index (χ0n) is 8.61. The first kappa shape index (κ1) is 15.6. The van der Waals surface area contributed by atoms with Crippen LogP contribution in [0, 0.1) is 0 Å². The number of carbonyl (C=O) groups is 2. The van der Waals surface area contributed by atoms with Crippen LogP contribution in [0.3, 0.4) is 0 Å². The number of hydrogen-bond donors (Lipinski definition) is 0. The van der Waals surface area contributed by atoms with Gasteiger partial charge in [-0.05, 0) is 0 Å². The number of aldehydes is 2. The molecule has 0 aliphatic carbocycles. The molecule has 0 N–H and O–H groups in total. The molecule has 0 saturated carbocycles. The normalized spacial score (nSPS) is 15.7.